The smallest absolute Gasteiger partial charge is 0.269 e. The number of non-ortho nitro benzene ring substituents is 1. The van der Waals surface area contributed by atoms with Crippen LogP contribution in [0.25, 0.3) is 0 Å². The quantitative estimate of drug-likeness (QED) is 0.613. The summed E-state index contributed by atoms with van der Waals surface area (Å²) in [5.41, 5.74) is 0.935. The van der Waals surface area contributed by atoms with Crippen LogP contribution >= 0.6 is 0 Å². The Morgan fingerprint density at radius 3 is 2.15 bits per heavy atom. The van der Waals surface area contributed by atoms with Crippen LogP contribution in [0.1, 0.15) is 6.92 Å². The number of nitrogens with zero attached hydrogens (tertiary/aromatic N) is 3. The molecule has 1 fully saturated rings. The Hall–Kier alpha value is -1.67. The van der Waals surface area contributed by atoms with Crippen molar-refractivity contribution in [2.24, 2.45) is 0 Å². The summed E-state index contributed by atoms with van der Waals surface area (Å²) in [4.78, 5) is 12.2. The van der Waals surface area contributed by atoms with Gasteiger partial charge in [0.25, 0.3) is 5.69 Å². The Morgan fingerprint density at radius 2 is 1.70 bits per heavy atom. The Morgan fingerprint density at radius 1 is 1.15 bits per heavy atom. The fraction of sp³-hybridized carbons (Fsp3) is 0.500. The third-order valence-electron chi connectivity index (χ3n) is 3.42. The molecule has 0 atom stereocenters. The molecule has 7 nitrogen and oxygen atoms in total. The number of nitro groups is 1. The van der Waals surface area contributed by atoms with Gasteiger partial charge in [-0.15, -0.1) is 0 Å². The summed E-state index contributed by atoms with van der Waals surface area (Å²) in [6, 6.07) is 6.32. The molecule has 0 unspecified atom stereocenters. The second-order valence-corrected chi connectivity index (χ2v) is 6.82. The Labute approximate surface area is 118 Å². The second-order valence-electron chi connectivity index (χ2n) is 4.56. The predicted molar refractivity (Wildman–Crippen MR) is 76.3 cm³/mol. The molecule has 0 radical (unpaired) electrons. The van der Waals surface area contributed by atoms with Crippen molar-refractivity contribution < 1.29 is 13.3 Å². The van der Waals surface area contributed by atoms with Crippen LogP contribution in [0.15, 0.2) is 24.3 Å². The molecule has 0 aromatic heterocycles. The molecule has 1 saturated heterocycles. The fourth-order valence-electron chi connectivity index (χ4n) is 2.19. The van der Waals surface area contributed by atoms with Crippen molar-refractivity contribution in [2.45, 2.75) is 6.92 Å². The van der Waals surface area contributed by atoms with Gasteiger partial charge in [0.1, 0.15) is 0 Å². The lowest BCUT2D eigenvalue weighted by Gasteiger charge is -2.35. The van der Waals surface area contributed by atoms with Crippen molar-refractivity contribution in [3.8, 4) is 0 Å². The number of benzene rings is 1. The number of hydrogen-bond acceptors (Lipinski definition) is 5. The molecule has 0 bridgehead atoms. The first-order valence-electron chi connectivity index (χ1n) is 6.41. The van der Waals surface area contributed by atoms with Crippen LogP contribution in [0.3, 0.4) is 0 Å². The highest BCUT2D eigenvalue weighted by atomic mass is 32.2. The van der Waals surface area contributed by atoms with E-state index in [4.69, 9.17) is 0 Å². The van der Waals surface area contributed by atoms with Crippen LogP contribution in [-0.4, -0.2) is 49.6 Å². The zero-order chi connectivity index (χ0) is 14.8. The van der Waals surface area contributed by atoms with E-state index in [9.17, 15) is 18.5 Å². The van der Waals surface area contributed by atoms with Gasteiger partial charge in [-0.3, -0.25) is 10.1 Å². The van der Waals surface area contributed by atoms with E-state index in [0.717, 1.165) is 5.69 Å². The Bertz CT molecular complexity index is 577. The van der Waals surface area contributed by atoms with Crippen LogP contribution in [0.4, 0.5) is 11.4 Å². The molecule has 1 aliphatic rings. The molecule has 1 heterocycles. The molecule has 8 heteroatoms. The highest BCUT2D eigenvalue weighted by molar-refractivity contribution is 7.89. The van der Waals surface area contributed by atoms with E-state index in [1.807, 2.05) is 4.90 Å². The molecule has 20 heavy (non-hydrogen) atoms. The summed E-state index contributed by atoms with van der Waals surface area (Å²) in [6.45, 7) is 3.73. The van der Waals surface area contributed by atoms with Crippen molar-refractivity contribution in [3.63, 3.8) is 0 Å². The molecule has 0 amide bonds. The minimum Gasteiger partial charge on any atom is -0.369 e. The lowest BCUT2D eigenvalue weighted by Crippen LogP contribution is -2.49. The Kier molecular flexibility index (Phi) is 4.24. The Balaban J connectivity index is 2.02. The number of piperazine rings is 1. The van der Waals surface area contributed by atoms with Gasteiger partial charge in [-0.1, -0.05) is 0 Å². The van der Waals surface area contributed by atoms with Crippen LogP contribution in [0.2, 0.25) is 0 Å². The number of rotatable bonds is 4. The van der Waals surface area contributed by atoms with Gasteiger partial charge in [0.15, 0.2) is 0 Å². The minimum absolute atomic E-state index is 0.0564. The zero-order valence-corrected chi connectivity index (χ0v) is 12.0. The number of hydrogen-bond donors (Lipinski definition) is 0. The molecule has 1 aliphatic heterocycles. The summed E-state index contributed by atoms with van der Waals surface area (Å²) in [5, 5.41) is 10.6. The summed E-state index contributed by atoms with van der Waals surface area (Å²) < 4.78 is 25.0. The molecule has 0 spiro atoms. The van der Waals surface area contributed by atoms with Gasteiger partial charge < -0.3 is 4.90 Å². The van der Waals surface area contributed by atoms with Gasteiger partial charge in [0.05, 0.1) is 10.7 Å². The fourth-order valence-corrected chi connectivity index (χ4v) is 3.28. The van der Waals surface area contributed by atoms with Gasteiger partial charge >= 0.3 is 0 Å². The predicted octanol–water partition coefficient (Wildman–Crippen LogP) is 1.07. The van der Waals surface area contributed by atoms with Crippen molar-refractivity contribution in [1.82, 2.24) is 4.31 Å². The van der Waals surface area contributed by atoms with E-state index in [2.05, 4.69) is 0 Å². The minimum atomic E-state index is -3.13. The van der Waals surface area contributed by atoms with Crippen LogP contribution in [0, 0.1) is 10.1 Å². The van der Waals surface area contributed by atoms with E-state index in [1.54, 1.807) is 19.1 Å². The van der Waals surface area contributed by atoms with Gasteiger partial charge in [0.2, 0.25) is 10.0 Å². The molecule has 2 rings (SSSR count). The third-order valence-corrected chi connectivity index (χ3v) is 5.30. The maximum atomic E-state index is 11.7. The van der Waals surface area contributed by atoms with Gasteiger partial charge in [-0.25, -0.2) is 8.42 Å². The van der Waals surface area contributed by atoms with E-state index in [1.165, 1.54) is 16.4 Å². The highest BCUT2D eigenvalue weighted by Crippen LogP contribution is 2.21. The summed E-state index contributed by atoms with van der Waals surface area (Å²) >= 11 is 0. The summed E-state index contributed by atoms with van der Waals surface area (Å²) in [6.07, 6.45) is 0. The molecular weight excluding hydrogens is 282 g/mol. The monoisotopic (exact) mass is 299 g/mol. The van der Waals surface area contributed by atoms with Crippen molar-refractivity contribution in [1.29, 1.82) is 0 Å². The SMILES string of the molecule is CCS(=O)(=O)N1CCN(c2ccc([N+](=O)[O-])cc2)CC1. The van der Waals surface area contributed by atoms with Crippen LogP contribution in [0.5, 0.6) is 0 Å². The lowest BCUT2D eigenvalue weighted by molar-refractivity contribution is -0.384. The van der Waals surface area contributed by atoms with E-state index in [0.29, 0.717) is 26.2 Å². The molecule has 0 saturated carbocycles. The zero-order valence-electron chi connectivity index (χ0n) is 11.2. The maximum absolute atomic E-state index is 11.7. The number of sulfonamides is 1. The molecule has 1 aromatic carbocycles. The van der Waals surface area contributed by atoms with E-state index >= 15 is 0 Å². The molecular formula is C12H17N3O4S. The first kappa shape index (κ1) is 14.7. The van der Waals surface area contributed by atoms with Crippen LogP contribution in [-0.2, 0) is 10.0 Å². The summed E-state index contributed by atoms with van der Waals surface area (Å²) in [7, 11) is -3.13. The van der Waals surface area contributed by atoms with Crippen molar-refractivity contribution in [3.05, 3.63) is 34.4 Å². The van der Waals surface area contributed by atoms with E-state index < -0.39 is 14.9 Å². The standard InChI is InChI=1S/C12H17N3O4S/c1-2-20(18,19)14-9-7-13(8-10-14)11-3-5-12(6-4-11)15(16)17/h3-6H,2,7-10H2,1H3. The summed E-state index contributed by atoms with van der Waals surface area (Å²) in [5.74, 6) is 0.116. The van der Waals surface area contributed by atoms with Gasteiger partial charge in [-0.2, -0.15) is 4.31 Å². The van der Waals surface area contributed by atoms with E-state index in [-0.39, 0.29) is 11.4 Å². The maximum Gasteiger partial charge on any atom is 0.269 e. The second kappa shape index (κ2) is 5.76. The first-order chi connectivity index (χ1) is 9.44. The average Bonchev–Trinajstić information content (AvgIpc) is 2.47. The highest BCUT2D eigenvalue weighted by Gasteiger charge is 2.25. The number of anilines is 1. The van der Waals surface area contributed by atoms with Gasteiger partial charge in [-0.05, 0) is 19.1 Å². The van der Waals surface area contributed by atoms with Crippen molar-refractivity contribution >= 4 is 21.4 Å². The normalized spacial score (nSPS) is 17.1. The average molecular weight is 299 g/mol. The van der Waals surface area contributed by atoms with Crippen LogP contribution < -0.4 is 4.90 Å². The topological polar surface area (TPSA) is 83.8 Å². The van der Waals surface area contributed by atoms with Crippen molar-refractivity contribution in [2.75, 3.05) is 36.8 Å². The third kappa shape index (κ3) is 3.07. The number of nitro benzene ring substituents is 1. The largest absolute Gasteiger partial charge is 0.369 e. The first-order valence-corrected chi connectivity index (χ1v) is 8.02. The lowest BCUT2D eigenvalue weighted by atomic mass is 10.2. The molecule has 0 N–H and O–H groups in total. The van der Waals surface area contributed by atoms with Gasteiger partial charge in [0, 0.05) is 44.0 Å². The molecule has 1 aromatic rings. The molecule has 0 aliphatic carbocycles. The molecule has 110 valence electrons.